The third kappa shape index (κ3) is 2.09. The summed E-state index contributed by atoms with van der Waals surface area (Å²) in [7, 11) is 0. The van der Waals surface area contributed by atoms with E-state index in [4.69, 9.17) is 18.2 Å². The summed E-state index contributed by atoms with van der Waals surface area (Å²) in [5.74, 6) is 0.137. The molecule has 1 rings (SSSR count). The summed E-state index contributed by atoms with van der Waals surface area (Å²) in [6.07, 6.45) is 0. The highest BCUT2D eigenvalue weighted by molar-refractivity contribution is 6.29. The molecule has 11 heavy (non-hydrogen) atoms. The van der Waals surface area contributed by atoms with Crippen LogP contribution in [-0.2, 0) is 0 Å². The van der Waals surface area contributed by atoms with E-state index in [0.29, 0.717) is 5.03 Å². The molecule has 0 heterocycles. The average Bonchev–Trinajstić information content (AvgIpc) is 2.05. The quantitative estimate of drug-likeness (QED) is 0.631. The summed E-state index contributed by atoms with van der Waals surface area (Å²) in [5.41, 5.74) is 1.15. The van der Waals surface area contributed by atoms with Gasteiger partial charge in [0.25, 0.3) is 0 Å². The smallest absolute Gasteiger partial charge is 0.0253 e. The van der Waals surface area contributed by atoms with Crippen LogP contribution in [0.5, 0.6) is 0 Å². The van der Waals surface area contributed by atoms with Gasteiger partial charge in [-0.25, -0.2) is 0 Å². The van der Waals surface area contributed by atoms with Crippen molar-refractivity contribution in [1.29, 1.82) is 0 Å². The van der Waals surface area contributed by atoms with E-state index in [1.54, 1.807) is 0 Å². The van der Waals surface area contributed by atoms with Crippen molar-refractivity contribution < 1.29 is 0 Å². The summed E-state index contributed by atoms with van der Waals surface area (Å²) < 4.78 is 0. The Morgan fingerprint density at radius 3 is 2.36 bits per heavy atom. The highest BCUT2D eigenvalue weighted by Crippen LogP contribution is 2.23. The maximum atomic E-state index is 5.66. The lowest BCUT2D eigenvalue weighted by molar-refractivity contribution is 0.949. The zero-order chi connectivity index (χ0) is 8.27. The lowest BCUT2D eigenvalue weighted by atomic mass is 10.0. The molecule has 0 fully saturated rings. The van der Waals surface area contributed by atoms with Gasteiger partial charge < -0.3 is 0 Å². The zero-order valence-electron chi connectivity index (χ0n) is 6.42. The van der Waals surface area contributed by atoms with Gasteiger partial charge in [-0.2, -0.15) is 0 Å². The molecule has 0 aliphatic carbocycles. The Balaban J connectivity index is 2.85. The molecule has 0 N–H and O–H groups in total. The van der Waals surface area contributed by atoms with Crippen LogP contribution in [0.15, 0.2) is 35.4 Å². The van der Waals surface area contributed by atoms with Gasteiger partial charge in [-0.05, 0) is 12.1 Å². The number of hydrogen-bond acceptors (Lipinski definition) is 0. The highest BCUT2D eigenvalue weighted by Gasteiger charge is 2.05. The van der Waals surface area contributed by atoms with Crippen molar-refractivity contribution in [1.82, 2.24) is 0 Å². The van der Waals surface area contributed by atoms with Crippen LogP contribution in [0.25, 0.3) is 0 Å². The Labute approximate surface area is 72.5 Å². The minimum atomic E-state index is 0.137. The first-order valence-electron chi connectivity index (χ1n) is 3.54. The summed E-state index contributed by atoms with van der Waals surface area (Å²) in [5, 5.41) is 0.441. The molecule has 1 heteroatoms. The van der Waals surface area contributed by atoms with Crippen LogP contribution in [0.3, 0.4) is 0 Å². The molecular formula is C10H10Cl. The predicted molar refractivity (Wildman–Crippen MR) is 48.5 cm³/mol. The second kappa shape index (κ2) is 3.59. The fraction of sp³-hybridized carbons (Fsp3) is 0.200. The number of benzene rings is 1. The second-order valence-corrected chi connectivity index (χ2v) is 2.95. The number of hydrogen-bond donors (Lipinski definition) is 0. The minimum absolute atomic E-state index is 0.137. The van der Waals surface area contributed by atoms with Crippen LogP contribution in [-0.4, -0.2) is 0 Å². The number of rotatable bonds is 2. The fourth-order valence-corrected chi connectivity index (χ4v) is 1.03. The van der Waals surface area contributed by atoms with Crippen molar-refractivity contribution in [2.45, 2.75) is 12.8 Å². The molecule has 0 bridgehead atoms. The van der Waals surface area contributed by atoms with Gasteiger partial charge in [-0.1, -0.05) is 48.9 Å². The first-order chi connectivity index (χ1) is 5.22. The van der Waals surface area contributed by atoms with Crippen molar-refractivity contribution in [2.75, 3.05) is 0 Å². The molecule has 0 saturated heterocycles. The standard InChI is InChI=1S/C10H10Cl/c1-8(9(2)11)10-6-4-3-5-7-10/h2-8H,1H3. The molecular weight excluding hydrogens is 156 g/mol. The summed E-state index contributed by atoms with van der Waals surface area (Å²) in [6.45, 7) is 7.43. The molecule has 1 unspecified atom stereocenters. The lowest BCUT2D eigenvalue weighted by Crippen LogP contribution is -1.90. The molecule has 0 aliphatic rings. The topological polar surface area (TPSA) is 0 Å². The van der Waals surface area contributed by atoms with Gasteiger partial charge >= 0.3 is 0 Å². The van der Waals surface area contributed by atoms with E-state index in [9.17, 15) is 0 Å². The van der Waals surface area contributed by atoms with Crippen LogP contribution in [0.4, 0.5) is 0 Å². The number of allylic oxidation sites excluding steroid dienone is 1. The van der Waals surface area contributed by atoms with Crippen LogP contribution in [0, 0.1) is 6.58 Å². The zero-order valence-corrected chi connectivity index (χ0v) is 7.18. The first kappa shape index (κ1) is 8.35. The summed E-state index contributed by atoms with van der Waals surface area (Å²) in [4.78, 5) is 0. The monoisotopic (exact) mass is 165 g/mol. The predicted octanol–water partition coefficient (Wildman–Crippen LogP) is 3.35. The van der Waals surface area contributed by atoms with Crippen LogP contribution >= 0.6 is 11.6 Å². The molecule has 0 spiro atoms. The second-order valence-electron chi connectivity index (χ2n) is 2.52. The van der Waals surface area contributed by atoms with Gasteiger partial charge in [0.05, 0.1) is 0 Å². The first-order valence-corrected chi connectivity index (χ1v) is 3.92. The molecule has 0 aromatic heterocycles. The summed E-state index contributed by atoms with van der Waals surface area (Å²) in [6, 6.07) is 9.96. The Morgan fingerprint density at radius 1 is 1.36 bits per heavy atom. The molecule has 1 atom stereocenters. The van der Waals surface area contributed by atoms with Crippen molar-refractivity contribution in [3.8, 4) is 0 Å². The molecule has 1 radical (unpaired) electrons. The summed E-state index contributed by atoms with van der Waals surface area (Å²) >= 11 is 5.66. The molecule has 1 aromatic rings. The van der Waals surface area contributed by atoms with Gasteiger partial charge in [0.1, 0.15) is 0 Å². The van der Waals surface area contributed by atoms with E-state index in [1.165, 1.54) is 0 Å². The maximum absolute atomic E-state index is 5.66. The minimum Gasteiger partial charge on any atom is -0.0885 e. The van der Waals surface area contributed by atoms with Crippen LogP contribution < -0.4 is 0 Å². The highest BCUT2D eigenvalue weighted by atomic mass is 35.5. The van der Waals surface area contributed by atoms with E-state index in [0.717, 1.165) is 5.56 Å². The van der Waals surface area contributed by atoms with Gasteiger partial charge in [-0.3, -0.25) is 0 Å². The molecule has 0 nitrogen and oxygen atoms in total. The largest absolute Gasteiger partial charge is 0.0885 e. The van der Waals surface area contributed by atoms with E-state index >= 15 is 0 Å². The SMILES string of the molecule is [CH]=C(Cl)C(C)c1ccccc1. The van der Waals surface area contributed by atoms with E-state index in [2.05, 4.69) is 0 Å². The van der Waals surface area contributed by atoms with Crippen molar-refractivity contribution in [3.63, 3.8) is 0 Å². The van der Waals surface area contributed by atoms with Crippen LogP contribution in [0.2, 0.25) is 0 Å². The molecule has 57 valence electrons. The van der Waals surface area contributed by atoms with E-state index in [-0.39, 0.29) is 5.92 Å². The Bertz CT molecular complexity index is 238. The average molecular weight is 166 g/mol. The van der Waals surface area contributed by atoms with E-state index < -0.39 is 0 Å². The van der Waals surface area contributed by atoms with Crippen molar-refractivity contribution in [3.05, 3.63) is 47.5 Å². The Kier molecular flexibility index (Phi) is 2.72. The van der Waals surface area contributed by atoms with Gasteiger partial charge in [0.15, 0.2) is 0 Å². The van der Waals surface area contributed by atoms with Crippen molar-refractivity contribution in [2.24, 2.45) is 0 Å². The Hall–Kier alpha value is -0.750. The van der Waals surface area contributed by atoms with Crippen molar-refractivity contribution >= 4 is 11.6 Å². The Morgan fingerprint density at radius 2 is 1.91 bits per heavy atom. The molecule has 0 aliphatic heterocycles. The maximum Gasteiger partial charge on any atom is 0.0253 e. The van der Waals surface area contributed by atoms with Crippen LogP contribution in [0.1, 0.15) is 18.4 Å². The third-order valence-electron chi connectivity index (χ3n) is 1.71. The van der Waals surface area contributed by atoms with Gasteiger partial charge in [0.2, 0.25) is 0 Å². The molecule has 0 amide bonds. The lowest BCUT2D eigenvalue weighted by Gasteiger charge is -2.08. The third-order valence-corrected chi connectivity index (χ3v) is 2.04. The number of halogens is 1. The van der Waals surface area contributed by atoms with Gasteiger partial charge in [-0.15, -0.1) is 0 Å². The van der Waals surface area contributed by atoms with E-state index in [1.807, 2.05) is 37.3 Å². The van der Waals surface area contributed by atoms with Gasteiger partial charge in [0, 0.05) is 11.0 Å². The normalized spacial score (nSPS) is 12.5. The molecule has 1 aromatic carbocycles. The fourth-order valence-electron chi connectivity index (χ4n) is 0.901. The molecule has 0 saturated carbocycles.